The number of carbonyl (C=O) groups is 2. The van der Waals surface area contributed by atoms with Gasteiger partial charge in [-0.1, -0.05) is 56.2 Å². The second-order valence-electron chi connectivity index (χ2n) is 9.38. The quantitative estimate of drug-likeness (QED) is 0.386. The van der Waals surface area contributed by atoms with Gasteiger partial charge in [-0.25, -0.2) is 0 Å². The number of amides is 2. The lowest BCUT2D eigenvalue weighted by molar-refractivity contribution is -0.141. The molecule has 2 aromatic carbocycles. The molecule has 2 aromatic rings. The van der Waals surface area contributed by atoms with Crippen LogP contribution in [0.3, 0.4) is 0 Å². The Morgan fingerprint density at radius 2 is 1.61 bits per heavy atom. The number of ether oxygens (including phenoxy) is 2. The van der Waals surface area contributed by atoms with Crippen molar-refractivity contribution in [2.75, 3.05) is 19.8 Å². The summed E-state index contributed by atoms with van der Waals surface area (Å²) in [6.45, 7) is 7.51. The van der Waals surface area contributed by atoms with Crippen molar-refractivity contribution in [3.63, 3.8) is 0 Å². The van der Waals surface area contributed by atoms with Gasteiger partial charge in [0.05, 0.1) is 13.2 Å². The third-order valence-electron chi connectivity index (χ3n) is 6.81. The molecule has 6 nitrogen and oxygen atoms in total. The van der Waals surface area contributed by atoms with Crippen LogP contribution in [0.2, 0.25) is 0 Å². The van der Waals surface area contributed by atoms with Crippen molar-refractivity contribution < 1.29 is 19.1 Å². The van der Waals surface area contributed by atoms with Crippen molar-refractivity contribution in [3.05, 3.63) is 59.7 Å². The number of hydrogen-bond donors (Lipinski definition) is 1. The van der Waals surface area contributed by atoms with Crippen LogP contribution in [0, 0.1) is 0 Å². The predicted molar refractivity (Wildman–Crippen MR) is 143 cm³/mol. The van der Waals surface area contributed by atoms with Crippen molar-refractivity contribution in [2.45, 2.75) is 84.2 Å². The molecule has 0 bridgehead atoms. The van der Waals surface area contributed by atoms with Gasteiger partial charge in [0.1, 0.15) is 6.04 Å². The Hall–Kier alpha value is -3.02. The molecular formula is C30H42N2O4. The van der Waals surface area contributed by atoms with E-state index in [1.54, 1.807) is 4.90 Å². The number of nitrogens with zero attached hydrogens (tertiary/aromatic N) is 1. The van der Waals surface area contributed by atoms with E-state index in [1.807, 2.05) is 57.2 Å². The molecule has 0 aromatic heterocycles. The molecule has 36 heavy (non-hydrogen) atoms. The molecule has 1 N–H and O–H groups in total. The van der Waals surface area contributed by atoms with Crippen LogP contribution in [0.25, 0.3) is 0 Å². The van der Waals surface area contributed by atoms with Crippen LogP contribution < -0.4 is 14.8 Å². The minimum absolute atomic E-state index is 0.00574. The summed E-state index contributed by atoms with van der Waals surface area (Å²) < 4.78 is 11.4. The highest BCUT2D eigenvalue weighted by molar-refractivity contribution is 5.88. The Morgan fingerprint density at radius 1 is 0.917 bits per heavy atom. The molecule has 1 atom stereocenters. The van der Waals surface area contributed by atoms with Crippen LogP contribution >= 0.6 is 0 Å². The number of hydrogen-bond acceptors (Lipinski definition) is 4. The lowest BCUT2D eigenvalue weighted by atomic mass is 10.0. The minimum Gasteiger partial charge on any atom is -0.490 e. The molecule has 2 amide bonds. The lowest BCUT2D eigenvalue weighted by Gasteiger charge is -2.31. The average molecular weight is 495 g/mol. The minimum atomic E-state index is -0.457. The van der Waals surface area contributed by atoms with E-state index in [9.17, 15) is 9.59 Å². The van der Waals surface area contributed by atoms with Crippen molar-refractivity contribution in [1.29, 1.82) is 0 Å². The normalized spacial score (nSPS) is 14.3. The summed E-state index contributed by atoms with van der Waals surface area (Å²) in [5.41, 5.74) is 2.18. The maximum absolute atomic E-state index is 13.5. The fourth-order valence-electron chi connectivity index (χ4n) is 4.91. The van der Waals surface area contributed by atoms with Gasteiger partial charge in [0.25, 0.3) is 0 Å². The topological polar surface area (TPSA) is 67.9 Å². The molecule has 0 unspecified atom stereocenters. The smallest absolute Gasteiger partial charge is 0.243 e. The molecule has 0 spiro atoms. The summed E-state index contributed by atoms with van der Waals surface area (Å²) in [6, 6.07) is 15.8. The van der Waals surface area contributed by atoms with Gasteiger partial charge in [-0.3, -0.25) is 9.59 Å². The first-order valence-electron chi connectivity index (χ1n) is 13.6. The summed E-state index contributed by atoms with van der Waals surface area (Å²) in [5.74, 6) is 1.40. The number of carbonyl (C=O) groups excluding carboxylic acids is 2. The van der Waals surface area contributed by atoms with Gasteiger partial charge < -0.3 is 19.7 Å². The van der Waals surface area contributed by atoms with Crippen molar-refractivity contribution in [3.8, 4) is 11.5 Å². The summed E-state index contributed by atoms with van der Waals surface area (Å²) in [5, 5.41) is 3.21. The Balaban J connectivity index is 1.71. The number of nitrogens with one attached hydrogen (secondary N) is 1. The molecular weight excluding hydrogens is 452 g/mol. The molecule has 1 fully saturated rings. The van der Waals surface area contributed by atoms with E-state index in [0.29, 0.717) is 50.5 Å². The fraction of sp³-hybridized carbons (Fsp3) is 0.533. The first-order valence-corrected chi connectivity index (χ1v) is 13.6. The van der Waals surface area contributed by atoms with Crippen LogP contribution in [0.15, 0.2) is 48.5 Å². The van der Waals surface area contributed by atoms with Crippen molar-refractivity contribution in [1.82, 2.24) is 10.2 Å². The second-order valence-corrected chi connectivity index (χ2v) is 9.38. The van der Waals surface area contributed by atoms with Gasteiger partial charge in [-0.2, -0.15) is 0 Å². The molecule has 1 saturated carbocycles. The van der Waals surface area contributed by atoms with Crippen molar-refractivity contribution >= 4 is 11.8 Å². The highest BCUT2D eigenvalue weighted by Crippen LogP contribution is 2.29. The Labute approximate surface area is 216 Å². The van der Waals surface area contributed by atoms with Gasteiger partial charge in [0.15, 0.2) is 11.5 Å². The molecule has 0 saturated heterocycles. The van der Waals surface area contributed by atoms with E-state index in [-0.39, 0.29) is 17.9 Å². The largest absolute Gasteiger partial charge is 0.490 e. The first-order chi connectivity index (χ1) is 17.5. The SMILES string of the molecule is CCOc1ccc(CCC(=O)N(CCc2ccccc2)[C@H](CC)C(=O)NC2CCCC2)cc1OCC. The number of aryl methyl sites for hydroxylation is 1. The Bertz CT molecular complexity index is 957. The summed E-state index contributed by atoms with van der Waals surface area (Å²) >= 11 is 0. The van der Waals surface area contributed by atoms with Crippen LogP contribution in [0.5, 0.6) is 11.5 Å². The molecule has 0 heterocycles. The van der Waals surface area contributed by atoms with E-state index in [0.717, 1.165) is 43.2 Å². The first kappa shape index (κ1) is 27.6. The molecule has 0 aliphatic heterocycles. The molecule has 1 aliphatic rings. The van der Waals surface area contributed by atoms with E-state index >= 15 is 0 Å². The standard InChI is InChI=1S/C30H42N2O4/c1-4-26(30(34)31-25-14-10-11-15-25)32(21-20-23-12-8-7-9-13-23)29(33)19-17-24-16-18-27(35-5-2)28(22-24)36-6-3/h7-9,12-13,16,18,22,25-26H,4-6,10-11,14-15,17,19-21H2,1-3H3,(H,31,34)/t26-/m1/s1. The van der Waals surface area contributed by atoms with E-state index in [2.05, 4.69) is 17.4 Å². The third kappa shape index (κ3) is 8.00. The van der Waals surface area contributed by atoms with Gasteiger partial charge in [0.2, 0.25) is 11.8 Å². The number of rotatable bonds is 14. The maximum atomic E-state index is 13.5. The zero-order chi connectivity index (χ0) is 25.8. The van der Waals surface area contributed by atoms with E-state index < -0.39 is 6.04 Å². The maximum Gasteiger partial charge on any atom is 0.243 e. The third-order valence-corrected chi connectivity index (χ3v) is 6.81. The summed E-state index contributed by atoms with van der Waals surface area (Å²) in [4.78, 5) is 28.6. The average Bonchev–Trinajstić information content (AvgIpc) is 3.40. The zero-order valence-electron chi connectivity index (χ0n) is 22.1. The highest BCUT2D eigenvalue weighted by atomic mass is 16.5. The van der Waals surface area contributed by atoms with Crippen LogP contribution in [0.4, 0.5) is 0 Å². The van der Waals surface area contributed by atoms with Crippen molar-refractivity contribution in [2.24, 2.45) is 0 Å². The van der Waals surface area contributed by atoms with Crippen LogP contribution in [0.1, 0.15) is 70.4 Å². The van der Waals surface area contributed by atoms with Crippen LogP contribution in [-0.4, -0.2) is 48.6 Å². The molecule has 6 heteroatoms. The lowest BCUT2D eigenvalue weighted by Crippen LogP contribution is -2.51. The number of benzene rings is 2. The zero-order valence-corrected chi connectivity index (χ0v) is 22.1. The highest BCUT2D eigenvalue weighted by Gasteiger charge is 2.30. The fourth-order valence-corrected chi connectivity index (χ4v) is 4.91. The van der Waals surface area contributed by atoms with Gasteiger partial charge in [0, 0.05) is 19.0 Å². The monoisotopic (exact) mass is 494 g/mol. The van der Waals surface area contributed by atoms with Gasteiger partial charge in [-0.05, 0) is 69.2 Å². The summed E-state index contributed by atoms with van der Waals surface area (Å²) in [6.07, 6.45) is 6.60. The molecule has 3 rings (SSSR count). The van der Waals surface area contributed by atoms with E-state index in [1.165, 1.54) is 0 Å². The predicted octanol–water partition coefficient (Wildman–Crippen LogP) is 5.33. The molecule has 0 radical (unpaired) electrons. The Kier molecular flexibility index (Phi) is 11.1. The molecule has 1 aliphatic carbocycles. The second kappa shape index (κ2) is 14.5. The van der Waals surface area contributed by atoms with E-state index in [4.69, 9.17) is 9.47 Å². The summed E-state index contributed by atoms with van der Waals surface area (Å²) in [7, 11) is 0. The Morgan fingerprint density at radius 3 is 2.28 bits per heavy atom. The van der Waals surface area contributed by atoms with Gasteiger partial charge in [-0.15, -0.1) is 0 Å². The molecule has 196 valence electrons. The van der Waals surface area contributed by atoms with Gasteiger partial charge >= 0.3 is 0 Å². The van der Waals surface area contributed by atoms with Crippen LogP contribution in [-0.2, 0) is 22.4 Å².